The van der Waals surface area contributed by atoms with E-state index < -0.39 is 6.04 Å². The van der Waals surface area contributed by atoms with Crippen molar-refractivity contribution in [3.8, 4) is 5.75 Å². The number of rotatable bonds is 6. The van der Waals surface area contributed by atoms with Crippen LogP contribution in [0.3, 0.4) is 0 Å². The third-order valence-corrected chi connectivity index (χ3v) is 2.39. The summed E-state index contributed by atoms with van der Waals surface area (Å²) >= 11 is 0. The molecule has 4 N–H and O–H groups in total. The Morgan fingerprint density at radius 1 is 1.50 bits per heavy atom. The van der Waals surface area contributed by atoms with Gasteiger partial charge in [0.2, 0.25) is 0 Å². The zero-order chi connectivity index (χ0) is 13.5. The van der Waals surface area contributed by atoms with Gasteiger partial charge < -0.3 is 25.6 Å². The standard InChI is InChI=1S/C12H18N2O4/c1-17-7-9(6-15)14-12(16)10-5-8(13)3-4-11(10)18-2/h3-5,9,15H,6-7,13H2,1-2H3,(H,14,16). The summed E-state index contributed by atoms with van der Waals surface area (Å²) in [6.07, 6.45) is 0. The molecule has 0 aromatic heterocycles. The smallest absolute Gasteiger partial charge is 0.255 e. The van der Waals surface area contributed by atoms with E-state index in [0.717, 1.165) is 0 Å². The molecular formula is C12H18N2O4. The Kier molecular flexibility index (Phi) is 5.41. The number of carbonyl (C=O) groups excluding carboxylic acids is 1. The molecule has 1 rings (SSSR count). The van der Waals surface area contributed by atoms with Crippen LogP contribution in [-0.4, -0.2) is 44.5 Å². The highest BCUT2D eigenvalue weighted by atomic mass is 16.5. The third-order valence-electron chi connectivity index (χ3n) is 2.39. The Morgan fingerprint density at radius 3 is 2.78 bits per heavy atom. The molecule has 0 heterocycles. The highest BCUT2D eigenvalue weighted by Gasteiger charge is 2.16. The maximum Gasteiger partial charge on any atom is 0.255 e. The van der Waals surface area contributed by atoms with Gasteiger partial charge in [-0.2, -0.15) is 0 Å². The molecule has 100 valence electrons. The molecule has 0 saturated carbocycles. The van der Waals surface area contributed by atoms with Crippen LogP contribution in [0.2, 0.25) is 0 Å². The Labute approximate surface area is 106 Å². The predicted octanol–water partition coefficient (Wildman–Crippen LogP) is 0.0145. The first-order chi connectivity index (χ1) is 8.62. The quantitative estimate of drug-likeness (QED) is 0.622. The van der Waals surface area contributed by atoms with Crippen molar-refractivity contribution in [1.82, 2.24) is 5.32 Å². The molecule has 0 aliphatic carbocycles. The second kappa shape index (κ2) is 6.83. The third kappa shape index (κ3) is 3.61. The van der Waals surface area contributed by atoms with Gasteiger partial charge in [-0.3, -0.25) is 4.79 Å². The van der Waals surface area contributed by atoms with E-state index in [0.29, 0.717) is 17.0 Å². The second-order valence-electron chi connectivity index (χ2n) is 3.77. The molecule has 0 spiro atoms. The average molecular weight is 254 g/mol. The van der Waals surface area contributed by atoms with E-state index in [2.05, 4.69) is 5.32 Å². The van der Waals surface area contributed by atoms with Crippen LogP contribution in [-0.2, 0) is 4.74 Å². The summed E-state index contributed by atoms with van der Waals surface area (Å²) < 4.78 is 9.97. The van der Waals surface area contributed by atoms with Crippen LogP contribution in [0.15, 0.2) is 18.2 Å². The minimum Gasteiger partial charge on any atom is -0.496 e. The van der Waals surface area contributed by atoms with Crippen LogP contribution in [0.5, 0.6) is 5.75 Å². The van der Waals surface area contributed by atoms with Gasteiger partial charge in [-0.25, -0.2) is 0 Å². The van der Waals surface area contributed by atoms with Gasteiger partial charge in [0, 0.05) is 12.8 Å². The number of aliphatic hydroxyl groups excluding tert-OH is 1. The molecule has 0 saturated heterocycles. The van der Waals surface area contributed by atoms with E-state index in [1.165, 1.54) is 20.3 Å². The van der Waals surface area contributed by atoms with Crippen molar-refractivity contribution in [3.05, 3.63) is 23.8 Å². The molecule has 0 fully saturated rings. The van der Waals surface area contributed by atoms with Gasteiger partial charge in [0.15, 0.2) is 0 Å². The lowest BCUT2D eigenvalue weighted by molar-refractivity contribution is 0.0837. The number of aliphatic hydroxyl groups is 1. The normalized spacial score (nSPS) is 11.9. The van der Waals surface area contributed by atoms with Gasteiger partial charge in [0.25, 0.3) is 5.91 Å². The molecule has 1 amide bonds. The lowest BCUT2D eigenvalue weighted by Crippen LogP contribution is -2.40. The Balaban J connectivity index is 2.85. The predicted molar refractivity (Wildman–Crippen MR) is 67.6 cm³/mol. The van der Waals surface area contributed by atoms with E-state index in [1.807, 2.05) is 0 Å². The fourth-order valence-electron chi connectivity index (χ4n) is 1.51. The maximum atomic E-state index is 12.0. The monoisotopic (exact) mass is 254 g/mol. The fourth-order valence-corrected chi connectivity index (χ4v) is 1.51. The molecule has 0 aliphatic rings. The van der Waals surface area contributed by atoms with E-state index >= 15 is 0 Å². The summed E-state index contributed by atoms with van der Waals surface area (Å²) in [4.78, 5) is 12.0. The van der Waals surface area contributed by atoms with E-state index in [-0.39, 0.29) is 19.1 Å². The van der Waals surface area contributed by atoms with Crippen molar-refractivity contribution < 1.29 is 19.4 Å². The summed E-state index contributed by atoms with van der Waals surface area (Å²) in [5, 5.41) is 11.7. The SMILES string of the molecule is COCC(CO)NC(=O)c1cc(N)ccc1OC. The van der Waals surface area contributed by atoms with Crippen molar-refractivity contribution in [2.45, 2.75) is 6.04 Å². The molecule has 18 heavy (non-hydrogen) atoms. The molecule has 1 atom stereocenters. The number of nitrogens with one attached hydrogen (secondary N) is 1. The topological polar surface area (TPSA) is 93.8 Å². The largest absolute Gasteiger partial charge is 0.496 e. The number of benzene rings is 1. The van der Waals surface area contributed by atoms with E-state index in [9.17, 15) is 4.79 Å². The van der Waals surface area contributed by atoms with Crippen molar-refractivity contribution in [2.24, 2.45) is 0 Å². The van der Waals surface area contributed by atoms with Crippen LogP contribution < -0.4 is 15.8 Å². The Hall–Kier alpha value is -1.79. The van der Waals surface area contributed by atoms with Crippen molar-refractivity contribution in [2.75, 3.05) is 33.2 Å². The summed E-state index contributed by atoms with van der Waals surface area (Å²) in [7, 11) is 2.97. The number of hydrogen-bond acceptors (Lipinski definition) is 5. The highest BCUT2D eigenvalue weighted by Crippen LogP contribution is 2.20. The number of amides is 1. The summed E-state index contributed by atoms with van der Waals surface area (Å²) in [6.45, 7) is 0.0249. The lowest BCUT2D eigenvalue weighted by Gasteiger charge is -2.16. The maximum absolute atomic E-state index is 12.0. The molecule has 0 aliphatic heterocycles. The van der Waals surface area contributed by atoms with Crippen LogP contribution >= 0.6 is 0 Å². The number of methoxy groups -OCH3 is 2. The van der Waals surface area contributed by atoms with Gasteiger partial charge >= 0.3 is 0 Å². The molecule has 1 aromatic carbocycles. The second-order valence-corrected chi connectivity index (χ2v) is 3.77. The van der Waals surface area contributed by atoms with Gasteiger partial charge in [-0.05, 0) is 18.2 Å². The van der Waals surface area contributed by atoms with Crippen LogP contribution in [0, 0.1) is 0 Å². The van der Waals surface area contributed by atoms with Gasteiger partial charge in [-0.15, -0.1) is 0 Å². The number of nitrogens with two attached hydrogens (primary N) is 1. The summed E-state index contributed by atoms with van der Waals surface area (Å²) in [5.74, 6) is 0.0612. The molecular weight excluding hydrogens is 236 g/mol. The van der Waals surface area contributed by atoms with Crippen molar-refractivity contribution in [3.63, 3.8) is 0 Å². The Morgan fingerprint density at radius 2 is 2.22 bits per heavy atom. The van der Waals surface area contributed by atoms with Crippen molar-refractivity contribution >= 4 is 11.6 Å². The zero-order valence-corrected chi connectivity index (χ0v) is 10.5. The molecule has 0 bridgehead atoms. The summed E-state index contributed by atoms with van der Waals surface area (Å²) in [6, 6.07) is 4.33. The molecule has 1 aromatic rings. The molecule has 1 unspecified atom stereocenters. The first-order valence-corrected chi connectivity index (χ1v) is 5.46. The Bertz CT molecular complexity index is 409. The van der Waals surface area contributed by atoms with E-state index in [1.54, 1.807) is 12.1 Å². The van der Waals surface area contributed by atoms with Crippen molar-refractivity contribution in [1.29, 1.82) is 0 Å². The lowest BCUT2D eigenvalue weighted by atomic mass is 10.1. The highest BCUT2D eigenvalue weighted by molar-refractivity contribution is 5.98. The number of ether oxygens (including phenoxy) is 2. The minimum atomic E-state index is -0.464. The first-order valence-electron chi connectivity index (χ1n) is 5.46. The van der Waals surface area contributed by atoms with Gasteiger partial charge in [-0.1, -0.05) is 0 Å². The number of carbonyl (C=O) groups is 1. The van der Waals surface area contributed by atoms with Gasteiger partial charge in [0.05, 0.1) is 31.9 Å². The first kappa shape index (κ1) is 14.3. The number of anilines is 1. The number of hydrogen-bond donors (Lipinski definition) is 3. The average Bonchev–Trinajstić information content (AvgIpc) is 2.38. The van der Waals surface area contributed by atoms with Crippen LogP contribution in [0.25, 0.3) is 0 Å². The molecule has 0 radical (unpaired) electrons. The van der Waals surface area contributed by atoms with E-state index in [4.69, 9.17) is 20.3 Å². The summed E-state index contributed by atoms with van der Waals surface area (Å²) in [5.41, 5.74) is 6.42. The van der Waals surface area contributed by atoms with Crippen LogP contribution in [0.1, 0.15) is 10.4 Å². The zero-order valence-electron chi connectivity index (χ0n) is 10.5. The molecule has 6 heteroatoms. The molecule has 6 nitrogen and oxygen atoms in total. The van der Waals surface area contributed by atoms with Crippen LogP contribution in [0.4, 0.5) is 5.69 Å². The minimum absolute atomic E-state index is 0.204. The van der Waals surface area contributed by atoms with Gasteiger partial charge in [0.1, 0.15) is 5.75 Å². The fraction of sp³-hybridized carbons (Fsp3) is 0.417. The number of nitrogen functional groups attached to an aromatic ring is 1.